The second-order valence-corrected chi connectivity index (χ2v) is 4.21. The Bertz CT molecular complexity index is 736. The molecule has 2 heterocycles. The van der Waals surface area contributed by atoms with Crippen molar-refractivity contribution in [3.05, 3.63) is 66.5 Å². The molecule has 3 nitrogen and oxygen atoms in total. The van der Waals surface area contributed by atoms with Crippen LogP contribution in [0.4, 0.5) is 0 Å². The fraction of sp³-hybridized carbons (Fsp3) is 0. The van der Waals surface area contributed by atoms with Gasteiger partial charge in [-0.05, 0) is 42.0 Å². The maximum atomic E-state index is 8.93. The van der Waals surface area contributed by atoms with Crippen molar-refractivity contribution in [1.82, 2.24) is 9.97 Å². The second kappa shape index (κ2) is 4.79. The third-order valence-electron chi connectivity index (χ3n) is 2.98. The first-order valence-corrected chi connectivity index (χ1v) is 5.97. The maximum Gasteiger partial charge on any atom is 0.0991 e. The number of aromatic amines is 1. The molecule has 1 aromatic carbocycles. The molecular formula is C16H11N3. The summed E-state index contributed by atoms with van der Waals surface area (Å²) in [6.45, 7) is 0. The van der Waals surface area contributed by atoms with Crippen LogP contribution in [0.5, 0.6) is 0 Å². The van der Waals surface area contributed by atoms with Crippen LogP contribution in [-0.2, 0) is 0 Å². The van der Waals surface area contributed by atoms with E-state index in [4.69, 9.17) is 5.26 Å². The number of hydrogen-bond donors (Lipinski definition) is 1. The van der Waals surface area contributed by atoms with Crippen molar-refractivity contribution < 1.29 is 0 Å². The van der Waals surface area contributed by atoms with E-state index in [1.807, 2.05) is 42.5 Å². The van der Waals surface area contributed by atoms with Crippen molar-refractivity contribution >= 4 is 0 Å². The smallest absolute Gasteiger partial charge is 0.0991 e. The first-order chi connectivity index (χ1) is 9.36. The average Bonchev–Trinajstić information content (AvgIpc) is 2.98. The van der Waals surface area contributed by atoms with Gasteiger partial charge in [-0.25, -0.2) is 0 Å². The number of nitriles is 1. The molecule has 2 aromatic heterocycles. The summed E-state index contributed by atoms with van der Waals surface area (Å²) in [6.07, 6.45) is 3.54. The average molecular weight is 245 g/mol. The van der Waals surface area contributed by atoms with Gasteiger partial charge in [-0.3, -0.25) is 4.98 Å². The Hall–Kier alpha value is -2.86. The summed E-state index contributed by atoms with van der Waals surface area (Å²) in [5, 5.41) is 8.93. The van der Waals surface area contributed by atoms with E-state index in [2.05, 4.69) is 16.0 Å². The van der Waals surface area contributed by atoms with Gasteiger partial charge >= 0.3 is 0 Å². The van der Waals surface area contributed by atoms with Crippen LogP contribution < -0.4 is 0 Å². The molecule has 0 fully saturated rings. The summed E-state index contributed by atoms with van der Waals surface area (Å²) in [6, 6.07) is 17.7. The van der Waals surface area contributed by atoms with E-state index in [0.717, 1.165) is 22.5 Å². The Morgan fingerprint density at radius 3 is 2.37 bits per heavy atom. The summed E-state index contributed by atoms with van der Waals surface area (Å²) in [5.74, 6) is 0. The molecule has 0 atom stereocenters. The zero-order valence-electron chi connectivity index (χ0n) is 10.2. The minimum Gasteiger partial charge on any atom is -0.355 e. The van der Waals surface area contributed by atoms with Gasteiger partial charge in [0.05, 0.1) is 11.6 Å². The summed E-state index contributed by atoms with van der Waals surface area (Å²) in [5.41, 5.74) is 4.82. The van der Waals surface area contributed by atoms with Crippen LogP contribution in [-0.4, -0.2) is 9.97 Å². The predicted molar refractivity (Wildman–Crippen MR) is 74.2 cm³/mol. The lowest BCUT2D eigenvalue weighted by atomic mass is 10.1. The number of nitrogens with zero attached hydrogens (tertiary/aromatic N) is 2. The minimum absolute atomic E-state index is 0.664. The molecular weight excluding hydrogens is 234 g/mol. The number of nitrogens with one attached hydrogen (secondary N) is 1. The Morgan fingerprint density at radius 2 is 1.63 bits per heavy atom. The molecule has 0 bridgehead atoms. The van der Waals surface area contributed by atoms with Crippen LogP contribution in [0.25, 0.3) is 22.5 Å². The normalized spacial score (nSPS) is 10.1. The van der Waals surface area contributed by atoms with E-state index in [-0.39, 0.29) is 0 Å². The molecule has 0 spiro atoms. The Kier molecular flexibility index (Phi) is 2.83. The van der Waals surface area contributed by atoms with Crippen LogP contribution in [0.1, 0.15) is 5.56 Å². The largest absolute Gasteiger partial charge is 0.355 e. The molecule has 0 saturated heterocycles. The van der Waals surface area contributed by atoms with Crippen LogP contribution in [0.15, 0.2) is 60.9 Å². The fourth-order valence-corrected chi connectivity index (χ4v) is 2.02. The van der Waals surface area contributed by atoms with E-state index < -0.39 is 0 Å². The van der Waals surface area contributed by atoms with Gasteiger partial charge < -0.3 is 4.98 Å². The number of H-pyrrole nitrogens is 1. The van der Waals surface area contributed by atoms with Crippen LogP contribution in [0, 0.1) is 11.3 Å². The zero-order chi connectivity index (χ0) is 13.1. The topological polar surface area (TPSA) is 52.5 Å². The van der Waals surface area contributed by atoms with Crippen molar-refractivity contribution in [1.29, 1.82) is 5.26 Å². The number of rotatable bonds is 2. The molecule has 3 heteroatoms. The molecule has 0 aliphatic heterocycles. The van der Waals surface area contributed by atoms with Crippen LogP contribution in [0.2, 0.25) is 0 Å². The van der Waals surface area contributed by atoms with E-state index >= 15 is 0 Å². The summed E-state index contributed by atoms with van der Waals surface area (Å²) in [4.78, 5) is 7.37. The first-order valence-electron chi connectivity index (χ1n) is 5.97. The SMILES string of the molecule is N#Cc1cccc(-c2ccc(-c3ccncc3)[nH]2)c1. The standard InChI is InChI=1S/C16H11N3/c17-11-12-2-1-3-14(10-12)16-5-4-15(19-16)13-6-8-18-9-7-13/h1-10,19H. The van der Waals surface area contributed by atoms with Crippen LogP contribution >= 0.6 is 0 Å². The molecule has 0 aliphatic carbocycles. The van der Waals surface area contributed by atoms with Gasteiger partial charge in [-0.2, -0.15) is 5.26 Å². The fourth-order valence-electron chi connectivity index (χ4n) is 2.02. The van der Waals surface area contributed by atoms with Crippen molar-refractivity contribution in [3.63, 3.8) is 0 Å². The van der Waals surface area contributed by atoms with E-state index in [9.17, 15) is 0 Å². The van der Waals surface area contributed by atoms with E-state index in [1.54, 1.807) is 18.5 Å². The lowest BCUT2D eigenvalue weighted by molar-refractivity contribution is 1.31. The molecule has 3 rings (SSSR count). The summed E-state index contributed by atoms with van der Waals surface area (Å²) < 4.78 is 0. The highest BCUT2D eigenvalue weighted by Crippen LogP contribution is 2.24. The van der Waals surface area contributed by atoms with Crippen molar-refractivity contribution in [3.8, 4) is 28.6 Å². The summed E-state index contributed by atoms with van der Waals surface area (Å²) >= 11 is 0. The molecule has 1 N–H and O–H groups in total. The molecule has 0 amide bonds. The van der Waals surface area contributed by atoms with Crippen molar-refractivity contribution in [2.75, 3.05) is 0 Å². The third-order valence-corrected chi connectivity index (χ3v) is 2.98. The molecule has 0 saturated carbocycles. The lowest BCUT2D eigenvalue weighted by Gasteiger charge is -2.00. The Morgan fingerprint density at radius 1 is 0.895 bits per heavy atom. The van der Waals surface area contributed by atoms with Gasteiger partial charge in [-0.15, -0.1) is 0 Å². The number of pyridine rings is 1. The van der Waals surface area contributed by atoms with Gasteiger partial charge in [-0.1, -0.05) is 12.1 Å². The van der Waals surface area contributed by atoms with Gasteiger partial charge in [0.2, 0.25) is 0 Å². The van der Waals surface area contributed by atoms with Gasteiger partial charge in [0, 0.05) is 29.3 Å². The molecule has 0 aliphatic rings. The number of aromatic nitrogens is 2. The number of benzene rings is 1. The van der Waals surface area contributed by atoms with E-state index in [0.29, 0.717) is 5.56 Å². The quantitative estimate of drug-likeness (QED) is 0.749. The van der Waals surface area contributed by atoms with Crippen LogP contribution in [0.3, 0.4) is 0 Å². The summed E-state index contributed by atoms with van der Waals surface area (Å²) in [7, 11) is 0. The van der Waals surface area contributed by atoms with Crippen molar-refractivity contribution in [2.45, 2.75) is 0 Å². The highest BCUT2D eigenvalue weighted by molar-refractivity contribution is 5.68. The predicted octanol–water partition coefficient (Wildman–Crippen LogP) is 3.62. The monoisotopic (exact) mass is 245 g/mol. The molecule has 0 radical (unpaired) electrons. The number of hydrogen-bond acceptors (Lipinski definition) is 2. The lowest BCUT2D eigenvalue weighted by Crippen LogP contribution is -1.81. The maximum absolute atomic E-state index is 8.93. The second-order valence-electron chi connectivity index (χ2n) is 4.21. The third kappa shape index (κ3) is 2.24. The first kappa shape index (κ1) is 11.2. The Labute approximate surface area is 111 Å². The molecule has 90 valence electrons. The Balaban J connectivity index is 2.00. The van der Waals surface area contributed by atoms with Crippen molar-refractivity contribution in [2.24, 2.45) is 0 Å². The van der Waals surface area contributed by atoms with Gasteiger partial charge in [0.1, 0.15) is 0 Å². The molecule has 3 aromatic rings. The molecule has 19 heavy (non-hydrogen) atoms. The van der Waals surface area contributed by atoms with Gasteiger partial charge in [0.25, 0.3) is 0 Å². The highest BCUT2D eigenvalue weighted by Gasteiger charge is 2.04. The minimum atomic E-state index is 0.664. The van der Waals surface area contributed by atoms with E-state index in [1.165, 1.54) is 0 Å². The molecule has 0 unspecified atom stereocenters. The van der Waals surface area contributed by atoms with Gasteiger partial charge in [0.15, 0.2) is 0 Å². The highest BCUT2D eigenvalue weighted by atomic mass is 14.7. The zero-order valence-corrected chi connectivity index (χ0v) is 10.2.